The van der Waals surface area contributed by atoms with Crippen LogP contribution in [0.4, 0.5) is 0 Å². The van der Waals surface area contributed by atoms with Crippen LogP contribution in [0, 0.1) is 0 Å². The predicted molar refractivity (Wildman–Crippen MR) is 112 cm³/mol. The van der Waals surface area contributed by atoms with Gasteiger partial charge in [0.15, 0.2) is 0 Å². The molecule has 3 aromatic rings. The Kier molecular flexibility index (Phi) is 6.04. The number of carboxylic acids is 1. The third-order valence-electron chi connectivity index (χ3n) is 3.77. The lowest BCUT2D eigenvalue weighted by molar-refractivity contribution is 0.0696. The molecule has 0 aliphatic rings. The Balaban J connectivity index is 1.83. The van der Waals surface area contributed by atoms with Crippen LogP contribution >= 0.6 is 45.9 Å². The average molecular weight is 455 g/mol. The van der Waals surface area contributed by atoms with Crippen molar-refractivity contribution in [3.8, 4) is 16.2 Å². The zero-order valence-electron chi connectivity index (χ0n) is 14.2. The summed E-state index contributed by atoms with van der Waals surface area (Å²) in [4.78, 5) is 23.8. The lowest BCUT2D eigenvalue weighted by atomic mass is 10.1. The topological polar surface area (TPSA) is 99.0 Å². The van der Waals surface area contributed by atoms with Crippen molar-refractivity contribution in [3.05, 3.63) is 61.1 Å². The van der Waals surface area contributed by atoms with Crippen LogP contribution in [0.15, 0.2) is 40.1 Å². The van der Waals surface area contributed by atoms with Crippen molar-refractivity contribution >= 4 is 63.5 Å². The molecule has 2 aromatic heterocycles. The largest absolute Gasteiger partial charge is 0.506 e. The van der Waals surface area contributed by atoms with Crippen LogP contribution in [-0.2, 0) is 0 Å². The number of halogens is 2. The third-order valence-corrected chi connectivity index (χ3v) is 6.43. The molecular weight excluding hydrogens is 443 g/mol. The molecule has 0 radical (unpaired) electrons. The van der Waals surface area contributed by atoms with E-state index in [1.54, 1.807) is 30.5 Å². The maximum Gasteiger partial charge on any atom is 0.346 e. The zero-order valence-corrected chi connectivity index (χ0v) is 17.3. The summed E-state index contributed by atoms with van der Waals surface area (Å²) in [6, 6.07) is 6.44. The molecule has 0 aliphatic heterocycles. The molecule has 0 fully saturated rings. The van der Waals surface area contributed by atoms with E-state index in [0.29, 0.717) is 31.8 Å². The number of carbonyl (C=O) groups is 2. The van der Waals surface area contributed by atoms with Gasteiger partial charge in [-0.1, -0.05) is 29.3 Å². The first-order valence-electron chi connectivity index (χ1n) is 7.71. The number of thiophene rings is 2. The van der Waals surface area contributed by atoms with Crippen molar-refractivity contribution in [2.24, 2.45) is 5.10 Å². The van der Waals surface area contributed by atoms with Gasteiger partial charge in [0.25, 0.3) is 5.91 Å². The van der Waals surface area contributed by atoms with Crippen molar-refractivity contribution in [3.63, 3.8) is 0 Å². The molecule has 0 unspecified atom stereocenters. The van der Waals surface area contributed by atoms with Gasteiger partial charge in [-0.15, -0.1) is 22.7 Å². The maximum atomic E-state index is 12.2. The molecule has 2 heterocycles. The molecule has 6 nitrogen and oxygen atoms in total. The highest BCUT2D eigenvalue weighted by atomic mass is 35.5. The van der Waals surface area contributed by atoms with Crippen molar-refractivity contribution < 1.29 is 19.8 Å². The summed E-state index contributed by atoms with van der Waals surface area (Å²) in [5.41, 5.74) is 3.85. The minimum absolute atomic E-state index is 0.000599. The second-order valence-electron chi connectivity index (χ2n) is 5.56. The lowest BCUT2D eigenvalue weighted by Gasteiger charge is -2.04. The molecule has 144 valence electrons. The molecule has 3 N–H and O–H groups in total. The Hall–Kier alpha value is -2.39. The van der Waals surface area contributed by atoms with Crippen LogP contribution in [0.3, 0.4) is 0 Å². The number of hydrogen-bond acceptors (Lipinski definition) is 6. The Morgan fingerprint density at radius 3 is 2.54 bits per heavy atom. The molecule has 10 heteroatoms. The Morgan fingerprint density at radius 2 is 1.86 bits per heavy atom. The van der Waals surface area contributed by atoms with E-state index in [1.807, 2.05) is 0 Å². The maximum absolute atomic E-state index is 12.2. The summed E-state index contributed by atoms with van der Waals surface area (Å²) in [7, 11) is 0. The van der Waals surface area contributed by atoms with Gasteiger partial charge in [0.2, 0.25) is 0 Å². The first kappa shape index (κ1) is 20.3. The summed E-state index contributed by atoms with van der Waals surface area (Å²) >= 11 is 14.2. The van der Waals surface area contributed by atoms with Crippen LogP contribution in [0.5, 0.6) is 5.75 Å². The number of benzene rings is 1. The van der Waals surface area contributed by atoms with Crippen molar-refractivity contribution in [2.75, 3.05) is 0 Å². The summed E-state index contributed by atoms with van der Waals surface area (Å²) < 4.78 is 0. The Morgan fingerprint density at radius 1 is 1.11 bits per heavy atom. The van der Waals surface area contributed by atoms with Gasteiger partial charge in [-0.05, 0) is 36.1 Å². The molecule has 0 atom stereocenters. The minimum atomic E-state index is -1.18. The van der Waals surface area contributed by atoms with E-state index >= 15 is 0 Å². The van der Waals surface area contributed by atoms with Gasteiger partial charge >= 0.3 is 5.97 Å². The SMILES string of the molecule is CC(=NNC(=O)c1ccsc1C(=O)O)c1csc(-c2ccc(Cl)c(Cl)c2)c1O. The number of rotatable bonds is 5. The predicted octanol–water partition coefficient (Wildman–Crippen LogP) is 5.34. The van der Waals surface area contributed by atoms with Gasteiger partial charge < -0.3 is 10.2 Å². The first-order valence-corrected chi connectivity index (χ1v) is 10.2. The molecule has 0 spiro atoms. The van der Waals surface area contributed by atoms with Gasteiger partial charge in [-0.3, -0.25) is 4.79 Å². The highest BCUT2D eigenvalue weighted by molar-refractivity contribution is 7.14. The number of amides is 1. The van der Waals surface area contributed by atoms with E-state index < -0.39 is 11.9 Å². The molecule has 0 aliphatic carbocycles. The molecule has 0 saturated carbocycles. The monoisotopic (exact) mass is 454 g/mol. The second kappa shape index (κ2) is 8.32. The first-order chi connectivity index (χ1) is 13.3. The number of nitrogens with one attached hydrogen (secondary N) is 1. The van der Waals surface area contributed by atoms with Crippen LogP contribution in [-0.4, -0.2) is 27.8 Å². The number of carbonyl (C=O) groups excluding carboxylic acids is 1. The summed E-state index contributed by atoms with van der Waals surface area (Å²) in [6.45, 7) is 1.62. The number of nitrogens with zero attached hydrogens (tertiary/aromatic N) is 1. The standard InChI is InChI=1S/C18H12Cl2N2O4S2/c1-8(21-22-17(24)10-4-5-27-16(10)18(25)26)11-7-28-15(14(11)23)9-2-3-12(19)13(20)6-9/h2-7,23H,1H3,(H,22,24)(H,25,26). The Bertz CT molecular complexity index is 1100. The van der Waals surface area contributed by atoms with E-state index in [0.717, 1.165) is 11.3 Å². The van der Waals surface area contributed by atoms with Crippen LogP contribution < -0.4 is 5.43 Å². The summed E-state index contributed by atoms with van der Waals surface area (Å²) in [6.07, 6.45) is 0. The van der Waals surface area contributed by atoms with Crippen LogP contribution in [0.1, 0.15) is 32.5 Å². The van der Waals surface area contributed by atoms with Crippen LogP contribution in [0.25, 0.3) is 10.4 Å². The molecular formula is C18H12Cl2N2O4S2. The molecule has 0 bridgehead atoms. The molecule has 1 aromatic carbocycles. The van der Waals surface area contributed by atoms with E-state index in [4.69, 9.17) is 28.3 Å². The highest BCUT2D eigenvalue weighted by Crippen LogP contribution is 2.40. The minimum Gasteiger partial charge on any atom is -0.506 e. The van der Waals surface area contributed by atoms with E-state index in [2.05, 4.69) is 10.5 Å². The number of hydrogen-bond donors (Lipinski definition) is 3. The van der Waals surface area contributed by atoms with Crippen LogP contribution in [0.2, 0.25) is 10.0 Å². The normalized spacial score (nSPS) is 11.5. The molecule has 1 amide bonds. The van der Waals surface area contributed by atoms with Gasteiger partial charge in [0.1, 0.15) is 10.6 Å². The van der Waals surface area contributed by atoms with E-state index in [1.165, 1.54) is 22.8 Å². The smallest absolute Gasteiger partial charge is 0.346 e. The number of aromatic carboxylic acids is 1. The van der Waals surface area contributed by atoms with Gasteiger partial charge in [-0.2, -0.15) is 5.10 Å². The zero-order chi connectivity index (χ0) is 20.4. The summed E-state index contributed by atoms with van der Waals surface area (Å²) in [5, 5.41) is 27.6. The van der Waals surface area contributed by atoms with Crippen molar-refractivity contribution in [1.82, 2.24) is 5.43 Å². The highest BCUT2D eigenvalue weighted by Gasteiger charge is 2.19. The summed E-state index contributed by atoms with van der Waals surface area (Å²) in [5.74, 6) is -1.82. The number of aromatic hydroxyl groups is 1. The lowest BCUT2D eigenvalue weighted by Crippen LogP contribution is -2.20. The fraction of sp³-hybridized carbons (Fsp3) is 0.0556. The second-order valence-corrected chi connectivity index (χ2v) is 8.17. The average Bonchev–Trinajstić information content (AvgIpc) is 3.29. The molecule has 28 heavy (non-hydrogen) atoms. The fourth-order valence-corrected chi connectivity index (χ4v) is 4.39. The molecule has 0 saturated heterocycles. The quantitative estimate of drug-likeness (QED) is 0.357. The van der Waals surface area contributed by atoms with Gasteiger partial charge in [0.05, 0.1) is 31.8 Å². The van der Waals surface area contributed by atoms with E-state index in [9.17, 15) is 14.7 Å². The van der Waals surface area contributed by atoms with Crippen molar-refractivity contribution in [2.45, 2.75) is 6.92 Å². The van der Waals surface area contributed by atoms with Gasteiger partial charge in [-0.25, -0.2) is 10.2 Å². The molecule has 3 rings (SSSR count). The fourth-order valence-electron chi connectivity index (χ4n) is 2.36. The Labute approximate surface area is 177 Å². The number of carboxylic acid groups (broad SMARTS) is 1. The number of hydrazone groups is 1. The van der Waals surface area contributed by atoms with E-state index in [-0.39, 0.29) is 16.2 Å². The third kappa shape index (κ3) is 4.05. The van der Waals surface area contributed by atoms with Crippen molar-refractivity contribution in [1.29, 1.82) is 0 Å². The van der Waals surface area contributed by atoms with Gasteiger partial charge in [0, 0.05) is 5.38 Å².